The van der Waals surface area contributed by atoms with Crippen LogP contribution in [0.2, 0.25) is 0 Å². The molecule has 0 heterocycles. The number of unbranched alkanes of at least 4 members (excludes halogenated alkanes) is 5. The number of aliphatic hydroxyl groups is 1. The van der Waals surface area contributed by atoms with Gasteiger partial charge in [-0.25, -0.2) is 0 Å². The number of ether oxygens (including phenoxy) is 1. The zero-order valence-corrected chi connectivity index (χ0v) is 19.6. The Morgan fingerprint density at radius 3 is 2.03 bits per heavy atom. The molecule has 2 nitrogen and oxygen atoms in total. The van der Waals surface area contributed by atoms with Crippen molar-refractivity contribution in [2.24, 2.45) is 0 Å². The summed E-state index contributed by atoms with van der Waals surface area (Å²) in [4.78, 5) is 0. The molecular formula is C29H42O2. The lowest BCUT2D eigenvalue weighted by atomic mass is 9.66. The molecule has 0 radical (unpaired) electrons. The van der Waals surface area contributed by atoms with E-state index in [4.69, 9.17) is 9.84 Å². The minimum absolute atomic E-state index is 0.295. The Morgan fingerprint density at radius 1 is 0.742 bits per heavy atom. The lowest BCUT2D eigenvalue weighted by molar-refractivity contribution is 0.266. The van der Waals surface area contributed by atoms with Crippen molar-refractivity contribution in [3.05, 3.63) is 54.1 Å². The summed E-state index contributed by atoms with van der Waals surface area (Å²) in [7, 11) is 0. The second kappa shape index (κ2) is 12.9. The van der Waals surface area contributed by atoms with Gasteiger partial charge in [-0.15, -0.1) is 0 Å². The van der Waals surface area contributed by atoms with Gasteiger partial charge in [0.05, 0.1) is 6.61 Å². The Hall–Kier alpha value is -1.80. The minimum Gasteiger partial charge on any atom is -0.494 e. The van der Waals surface area contributed by atoms with E-state index in [1.54, 1.807) is 5.56 Å². The highest BCUT2D eigenvalue weighted by Gasteiger charge is 2.33. The Morgan fingerprint density at radius 2 is 1.39 bits per heavy atom. The summed E-state index contributed by atoms with van der Waals surface area (Å²) < 4.78 is 5.87. The number of aliphatic hydroxyl groups excluding tert-OH is 1. The Bertz CT molecular complexity index is 726. The van der Waals surface area contributed by atoms with Crippen molar-refractivity contribution in [3.8, 4) is 16.9 Å². The van der Waals surface area contributed by atoms with Crippen LogP contribution in [0, 0.1) is 0 Å². The average Bonchev–Trinajstić information content (AvgIpc) is 2.83. The molecule has 0 aromatic heterocycles. The molecular weight excluding hydrogens is 380 g/mol. The molecule has 0 saturated heterocycles. The van der Waals surface area contributed by atoms with Crippen molar-refractivity contribution in [1.82, 2.24) is 0 Å². The van der Waals surface area contributed by atoms with Crippen molar-refractivity contribution in [3.63, 3.8) is 0 Å². The van der Waals surface area contributed by atoms with E-state index in [-0.39, 0.29) is 0 Å². The van der Waals surface area contributed by atoms with Gasteiger partial charge in [0.15, 0.2) is 0 Å². The SMILES string of the molecule is CCCCCC1(c2ccc(-c3ccc(OCCCCCCO)cc3)cc2)CCCCC1. The first-order chi connectivity index (χ1) is 15.3. The average molecular weight is 423 g/mol. The van der Waals surface area contributed by atoms with E-state index < -0.39 is 0 Å². The zero-order valence-electron chi connectivity index (χ0n) is 19.6. The van der Waals surface area contributed by atoms with Crippen molar-refractivity contribution in [1.29, 1.82) is 0 Å². The van der Waals surface area contributed by atoms with Gasteiger partial charge in [0.25, 0.3) is 0 Å². The zero-order chi connectivity index (χ0) is 21.8. The fourth-order valence-corrected chi connectivity index (χ4v) is 5.14. The number of benzene rings is 2. The first-order valence-electron chi connectivity index (χ1n) is 12.7. The van der Waals surface area contributed by atoms with E-state index >= 15 is 0 Å². The van der Waals surface area contributed by atoms with Crippen molar-refractivity contribution >= 4 is 0 Å². The quantitative estimate of drug-likeness (QED) is 0.331. The van der Waals surface area contributed by atoms with Gasteiger partial charge in [-0.05, 0) is 72.8 Å². The first kappa shape index (κ1) is 23.9. The van der Waals surface area contributed by atoms with E-state index in [1.165, 1.54) is 68.9 Å². The van der Waals surface area contributed by atoms with Crippen LogP contribution in [0.25, 0.3) is 11.1 Å². The summed E-state index contributed by atoms with van der Waals surface area (Å²) in [5.41, 5.74) is 4.53. The highest BCUT2D eigenvalue weighted by atomic mass is 16.5. The molecule has 1 saturated carbocycles. The summed E-state index contributed by atoms with van der Waals surface area (Å²) >= 11 is 0. The lowest BCUT2D eigenvalue weighted by Crippen LogP contribution is -2.29. The number of rotatable bonds is 13. The molecule has 0 aliphatic heterocycles. The monoisotopic (exact) mass is 422 g/mol. The third-order valence-corrected chi connectivity index (χ3v) is 7.08. The van der Waals surface area contributed by atoms with E-state index in [1.807, 2.05) is 0 Å². The molecule has 1 aliphatic rings. The molecule has 170 valence electrons. The van der Waals surface area contributed by atoms with Crippen LogP contribution in [0.4, 0.5) is 0 Å². The minimum atomic E-state index is 0.295. The van der Waals surface area contributed by atoms with Gasteiger partial charge in [-0.2, -0.15) is 0 Å². The van der Waals surface area contributed by atoms with Crippen molar-refractivity contribution in [2.45, 2.75) is 95.8 Å². The van der Waals surface area contributed by atoms with Gasteiger partial charge in [-0.1, -0.05) is 88.3 Å². The molecule has 0 spiro atoms. The number of hydrogen-bond acceptors (Lipinski definition) is 2. The van der Waals surface area contributed by atoms with Gasteiger partial charge in [0.2, 0.25) is 0 Å². The number of hydrogen-bond donors (Lipinski definition) is 1. The smallest absolute Gasteiger partial charge is 0.119 e. The topological polar surface area (TPSA) is 29.5 Å². The highest BCUT2D eigenvalue weighted by Crippen LogP contribution is 2.43. The van der Waals surface area contributed by atoms with Crippen LogP contribution in [0.5, 0.6) is 5.75 Å². The predicted octanol–water partition coefficient (Wildman–Crippen LogP) is 8.07. The first-order valence-corrected chi connectivity index (χ1v) is 12.7. The van der Waals surface area contributed by atoms with E-state index in [2.05, 4.69) is 55.5 Å². The maximum atomic E-state index is 8.83. The van der Waals surface area contributed by atoms with Gasteiger partial charge < -0.3 is 9.84 Å². The fraction of sp³-hybridized carbons (Fsp3) is 0.586. The van der Waals surface area contributed by atoms with E-state index in [9.17, 15) is 0 Å². The third kappa shape index (κ3) is 7.10. The van der Waals surface area contributed by atoms with Crippen LogP contribution in [-0.2, 0) is 5.41 Å². The standard InChI is InChI=1S/C29H42O2/c1-2-3-7-20-29(21-8-6-9-22-29)27-16-12-25(13-17-27)26-14-18-28(19-15-26)31-24-11-5-4-10-23-30/h12-19,30H,2-11,20-24H2,1H3. The van der Waals surface area contributed by atoms with Gasteiger partial charge in [0.1, 0.15) is 5.75 Å². The van der Waals surface area contributed by atoms with Gasteiger partial charge in [0, 0.05) is 6.61 Å². The van der Waals surface area contributed by atoms with Crippen LogP contribution in [-0.4, -0.2) is 18.3 Å². The molecule has 3 rings (SSSR count). The predicted molar refractivity (Wildman–Crippen MR) is 132 cm³/mol. The molecule has 0 unspecified atom stereocenters. The van der Waals surface area contributed by atoms with Crippen LogP contribution in [0.3, 0.4) is 0 Å². The summed E-state index contributed by atoms with van der Waals surface area (Å²) in [5.74, 6) is 0.944. The molecule has 1 fully saturated rings. The third-order valence-electron chi connectivity index (χ3n) is 7.08. The molecule has 0 bridgehead atoms. The second-order valence-electron chi connectivity index (χ2n) is 9.39. The molecule has 1 N–H and O–H groups in total. The van der Waals surface area contributed by atoms with E-state index in [0.29, 0.717) is 12.0 Å². The Balaban J connectivity index is 1.58. The highest BCUT2D eigenvalue weighted by molar-refractivity contribution is 5.64. The molecule has 31 heavy (non-hydrogen) atoms. The van der Waals surface area contributed by atoms with Crippen LogP contribution in [0.15, 0.2) is 48.5 Å². The normalized spacial score (nSPS) is 15.7. The maximum absolute atomic E-state index is 8.83. The Kier molecular flexibility index (Phi) is 9.93. The summed E-state index contributed by atoms with van der Waals surface area (Å²) in [5, 5.41) is 8.83. The molecule has 2 aromatic carbocycles. The van der Waals surface area contributed by atoms with Crippen molar-refractivity contribution in [2.75, 3.05) is 13.2 Å². The van der Waals surface area contributed by atoms with Gasteiger partial charge in [-0.3, -0.25) is 0 Å². The van der Waals surface area contributed by atoms with Gasteiger partial charge >= 0.3 is 0 Å². The molecule has 2 heteroatoms. The second-order valence-corrected chi connectivity index (χ2v) is 9.39. The summed E-state index contributed by atoms with van der Waals surface area (Å²) in [6, 6.07) is 18.0. The lowest BCUT2D eigenvalue weighted by Gasteiger charge is -2.38. The molecule has 0 atom stereocenters. The van der Waals surface area contributed by atoms with Crippen LogP contribution >= 0.6 is 0 Å². The van der Waals surface area contributed by atoms with E-state index in [0.717, 1.165) is 38.0 Å². The summed E-state index contributed by atoms with van der Waals surface area (Å²) in [6.07, 6.45) is 16.4. The van der Waals surface area contributed by atoms with Crippen molar-refractivity contribution < 1.29 is 9.84 Å². The molecule has 1 aliphatic carbocycles. The molecule has 0 amide bonds. The molecule has 2 aromatic rings. The Labute approximate surface area is 190 Å². The summed E-state index contributed by atoms with van der Waals surface area (Å²) in [6.45, 7) is 3.35. The maximum Gasteiger partial charge on any atom is 0.119 e. The van der Waals surface area contributed by atoms with Crippen LogP contribution in [0.1, 0.15) is 96.0 Å². The fourth-order valence-electron chi connectivity index (χ4n) is 5.14. The van der Waals surface area contributed by atoms with Crippen LogP contribution < -0.4 is 4.74 Å². The largest absolute Gasteiger partial charge is 0.494 e.